The van der Waals surface area contributed by atoms with Crippen LogP contribution in [0.2, 0.25) is 0 Å². The number of benzene rings is 11. The van der Waals surface area contributed by atoms with Crippen LogP contribution in [0.5, 0.6) is 0 Å². The van der Waals surface area contributed by atoms with Crippen LogP contribution >= 0.6 is 0 Å². The molecular formula is C66H40N4O. The van der Waals surface area contributed by atoms with Gasteiger partial charge >= 0.3 is 0 Å². The maximum Gasteiger partial charge on any atom is 0.145 e. The monoisotopic (exact) mass is 904 g/mol. The van der Waals surface area contributed by atoms with E-state index in [2.05, 4.69) is 261 Å². The number of hydrogen-bond acceptors (Lipinski definition) is 1. The molecule has 5 nitrogen and oxygen atoms in total. The average Bonchev–Trinajstić information content (AvgIpc) is 4.24. The molecule has 0 aliphatic rings. The zero-order valence-electron chi connectivity index (χ0n) is 38.3. The lowest BCUT2D eigenvalue weighted by Gasteiger charge is -2.10. The summed E-state index contributed by atoms with van der Waals surface area (Å²) in [5.41, 5.74) is 17.8. The van der Waals surface area contributed by atoms with Crippen molar-refractivity contribution >= 4 is 109 Å². The molecule has 5 aromatic heterocycles. The smallest absolute Gasteiger partial charge is 0.145 e. The molecule has 5 heterocycles. The fraction of sp³-hybridized carbons (Fsp3) is 0. The van der Waals surface area contributed by atoms with Gasteiger partial charge in [0.05, 0.1) is 54.9 Å². The van der Waals surface area contributed by atoms with Crippen LogP contribution in [0.25, 0.3) is 143 Å². The number of furan rings is 1. The normalized spacial score (nSPS) is 12.2. The fourth-order valence-electron chi connectivity index (χ4n) is 12.1. The van der Waals surface area contributed by atoms with Crippen molar-refractivity contribution in [3.8, 4) is 33.9 Å². The molecule has 0 fully saturated rings. The standard InChI is InChI=1S/C66H40N4O/c1-4-16-43(17-5-1)67-57-27-15-12-24-49(57)52-38-41(28-33-58(52)67)42-29-34-59-53(39-42)63-61(68(59)44-18-6-2-7-19-44)36-31-50-51-32-37-62-64(66(51)71-65(50)63)54-40-46(30-35-60(54)69(62)45-20-8-3-9-21-45)70-55-25-13-10-22-47(55)48-23-11-14-26-56(48)70/h1-40H. The average molecular weight is 905 g/mol. The van der Waals surface area contributed by atoms with Gasteiger partial charge in [0.1, 0.15) is 11.2 Å². The third kappa shape index (κ3) is 5.34. The quantitative estimate of drug-likeness (QED) is 0.169. The van der Waals surface area contributed by atoms with Crippen LogP contribution in [-0.2, 0) is 0 Å². The summed E-state index contributed by atoms with van der Waals surface area (Å²) < 4.78 is 17.1. The van der Waals surface area contributed by atoms with Crippen LogP contribution in [0.15, 0.2) is 247 Å². The van der Waals surface area contributed by atoms with Gasteiger partial charge in [-0.15, -0.1) is 0 Å². The Labute approximate surface area is 406 Å². The van der Waals surface area contributed by atoms with E-state index in [1.807, 2.05) is 0 Å². The molecular weight excluding hydrogens is 865 g/mol. The number of hydrogen-bond donors (Lipinski definition) is 0. The minimum absolute atomic E-state index is 0.890. The van der Waals surface area contributed by atoms with Crippen molar-refractivity contribution in [3.63, 3.8) is 0 Å². The van der Waals surface area contributed by atoms with Gasteiger partial charge in [-0.3, -0.25) is 0 Å². The van der Waals surface area contributed by atoms with Gasteiger partial charge in [-0.25, -0.2) is 0 Å². The lowest BCUT2D eigenvalue weighted by Crippen LogP contribution is -1.95. The van der Waals surface area contributed by atoms with E-state index in [4.69, 9.17) is 4.42 Å². The fourth-order valence-corrected chi connectivity index (χ4v) is 12.1. The first-order valence-electron chi connectivity index (χ1n) is 24.3. The molecule has 0 radical (unpaired) electrons. The number of nitrogens with zero attached hydrogens (tertiary/aromatic N) is 4. The van der Waals surface area contributed by atoms with E-state index < -0.39 is 0 Å². The largest absolute Gasteiger partial charge is 0.455 e. The van der Waals surface area contributed by atoms with Crippen molar-refractivity contribution < 1.29 is 4.42 Å². The molecule has 0 spiro atoms. The molecule has 0 unspecified atom stereocenters. The molecule has 330 valence electrons. The van der Waals surface area contributed by atoms with Crippen LogP contribution in [0, 0.1) is 0 Å². The third-order valence-corrected chi connectivity index (χ3v) is 15.1. The van der Waals surface area contributed by atoms with Gasteiger partial charge in [-0.05, 0) is 132 Å². The summed E-state index contributed by atoms with van der Waals surface area (Å²) in [6.07, 6.45) is 0. The van der Waals surface area contributed by atoms with Crippen molar-refractivity contribution in [2.45, 2.75) is 0 Å². The Hall–Kier alpha value is -9.58. The van der Waals surface area contributed by atoms with Crippen LogP contribution < -0.4 is 0 Å². The summed E-state index contributed by atoms with van der Waals surface area (Å²) in [5.74, 6) is 0. The van der Waals surface area contributed by atoms with Gasteiger partial charge in [-0.1, -0.05) is 121 Å². The van der Waals surface area contributed by atoms with Crippen molar-refractivity contribution in [2.75, 3.05) is 0 Å². The minimum Gasteiger partial charge on any atom is -0.455 e. The summed E-state index contributed by atoms with van der Waals surface area (Å²) in [5, 5.41) is 11.6. The van der Waals surface area contributed by atoms with E-state index in [0.717, 1.165) is 93.9 Å². The number of rotatable bonds is 5. The van der Waals surface area contributed by atoms with Gasteiger partial charge in [0.2, 0.25) is 0 Å². The van der Waals surface area contributed by atoms with Crippen molar-refractivity contribution in [1.29, 1.82) is 0 Å². The van der Waals surface area contributed by atoms with E-state index in [1.54, 1.807) is 0 Å². The van der Waals surface area contributed by atoms with E-state index in [9.17, 15) is 0 Å². The molecule has 0 saturated carbocycles. The summed E-state index contributed by atoms with van der Waals surface area (Å²) in [6, 6.07) is 88.3. The van der Waals surface area contributed by atoms with Crippen LogP contribution in [0.4, 0.5) is 0 Å². The Bertz CT molecular complexity index is 4800. The van der Waals surface area contributed by atoms with E-state index in [0.29, 0.717) is 0 Å². The summed E-state index contributed by atoms with van der Waals surface area (Å²) in [4.78, 5) is 0. The highest BCUT2D eigenvalue weighted by Crippen LogP contribution is 2.47. The molecule has 16 aromatic rings. The molecule has 71 heavy (non-hydrogen) atoms. The number of para-hydroxylation sites is 6. The van der Waals surface area contributed by atoms with Gasteiger partial charge in [0.25, 0.3) is 0 Å². The van der Waals surface area contributed by atoms with Crippen LogP contribution in [-0.4, -0.2) is 18.3 Å². The highest BCUT2D eigenvalue weighted by atomic mass is 16.3. The van der Waals surface area contributed by atoms with Crippen molar-refractivity contribution in [2.24, 2.45) is 0 Å². The van der Waals surface area contributed by atoms with E-state index in [-0.39, 0.29) is 0 Å². The third-order valence-electron chi connectivity index (χ3n) is 15.1. The second-order valence-corrected chi connectivity index (χ2v) is 18.8. The minimum atomic E-state index is 0.890. The molecule has 0 saturated heterocycles. The Morgan fingerprint density at radius 2 is 0.549 bits per heavy atom. The second kappa shape index (κ2) is 14.5. The summed E-state index contributed by atoms with van der Waals surface area (Å²) in [6.45, 7) is 0. The first-order valence-corrected chi connectivity index (χ1v) is 24.3. The molecule has 11 aromatic carbocycles. The molecule has 0 amide bonds. The Balaban J connectivity index is 0.977. The maximum absolute atomic E-state index is 7.52. The first kappa shape index (κ1) is 38.4. The van der Waals surface area contributed by atoms with Crippen LogP contribution in [0.3, 0.4) is 0 Å². The molecule has 0 atom stereocenters. The van der Waals surface area contributed by atoms with Gasteiger partial charge in [0, 0.05) is 65.8 Å². The molecule has 16 rings (SSSR count). The molecule has 5 heteroatoms. The predicted octanol–water partition coefficient (Wildman–Crippen LogP) is 17.6. The van der Waals surface area contributed by atoms with E-state index in [1.165, 1.54) is 49.2 Å². The molecule has 0 aliphatic carbocycles. The molecule has 0 bridgehead atoms. The topological polar surface area (TPSA) is 32.9 Å². The SMILES string of the molecule is c1ccc(-n2c3ccccc3c3cc(-c4ccc5c(c4)c4c6oc7c(ccc8c7c7cc(-n9c%10ccccc%10c%10ccccc%109)ccc7n8-c7ccccc7)c6ccc4n5-c4ccccc4)ccc32)cc1. The first-order chi connectivity index (χ1) is 35.2. The summed E-state index contributed by atoms with van der Waals surface area (Å²) >= 11 is 0. The number of fused-ring (bicyclic) bond motifs is 17. The van der Waals surface area contributed by atoms with Gasteiger partial charge in [0.15, 0.2) is 0 Å². The lowest BCUT2D eigenvalue weighted by atomic mass is 10.00. The predicted molar refractivity (Wildman–Crippen MR) is 297 cm³/mol. The second-order valence-electron chi connectivity index (χ2n) is 18.8. The zero-order valence-corrected chi connectivity index (χ0v) is 38.3. The Morgan fingerprint density at radius 1 is 0.211 bits per heavy atom. The highest BCUT2D eigenvalue weighted by molar-refractivity contribution is 6.29. The van der Waals surface area contributed by atoms with E-state index >= 15 is 0 Å². The van der Waals surface area contributed by atoms with Crippen LogP contribution in [0.1, 0.15) is 0 Å². The maximum atomic E-state index is 7.52. The van der Waals surface area contributed by atoms with Crippen molar-refractivity contribution in [3.05, 3.63) is 243 Å². The lowest BCUT2D eigenvalue weighted by molar-refractivity contribution is 0.677. The Morgan fingerprint density at radius 3 is 1.04 bits per heavy atom. The highest BCUT2D eigenvalue weighted by Gasteiger charge is 2.24. The van der Waals surface area contributed by atoms with Gasteiger partial charge in [-0.2, -0.15) is 0 Å². The Kier molecular flexibility index (Phi) is 7.82. The molecule has 0 aliphatic heterocycles. The molecule has 0 N–H and O–H groups in total. The number of aromatic nitrogens is 4. The van der Waals surface area contributed by atoms with Gasteiger partial charge < -0.3 is 22.7 Å². The van der Waals surface area contributed by atoms with Crippen molar-refractivity contribution in [1.82, 2.24) is 18.3 Å². The zero-order chi connectivity index (χ0) is 46.3. The summed E-state index contributed by atoms with van der Waals surface area (Å²) in [7, 11) is 0.